The highest BCUT2D eigenvalue weighted by molar-refractivity contribution is 5.76. The number of carbonyl (C=O) groups is 1. The minimum absolute atomic E-state index is 0.114. The topological polar surface area (TPSA) is 293 Å². The van der Waals surface area contributed by atoms with Crippen molar-refractivity contribution in [2.75, 3.05) is 66.6 Å². The average Bonchev–Trinajstić information content (AvgIpc) is 3.18. The SMILES string of the molecule is CCC1O[C@@H](COC[C@@H]2C(CC(C)=O)O[C@@H](COC[C@@H]3C(CO)O[C@@H](COC[C@H]4C(CO)O[C@@H](CC)C(O)[C@@H]4O)C(O)[C@@H]3O)C(O)[C@@H]2O)C(O)[C@H](O)[C@@H]1COC. The Labute approximate surface area is 327 Å². The molecule has 4 heterocycles. The third-order valence-corrected chi connectivity index (χ3v) is 11.8. The molecule has 10 N–H and O–H groups in total. The Bertz CT molecular complexity index is 1150. The van der Waals surface area contributed by atoms with E-state index in [0.717, 1.165) is 0 Å². The van der Waals surface area contributed by atoms with Gasteiger partial charge in [-0.05, 0) is 19.8 Å². The Morgan fingerprint density at radius 2 is 0.768 bits per heavy atom. The number of ether oxygens (including phenoxy) is 8. The molecule has 0 spiro atoms. The summed E-state index contributed by atoms with van der Waals surface area (Å²) in [7, 11) is 1.50. The lowest BCUT2D eigenvalue weighted by molar-refractivity contribution is -0.248. The number of hydrogen-bond donors (Lipinski definition) is 10. The van der Waals surface area contributed by atoms with E-state index in [-0.39, 0.29) is 64.6 Å². The summed E-state index contributed by atoms with van der Waals surface area (Å²) in [5, 5.41) is 106. The van der Waals surface area contributed by atoms with Gasteiger partial charge in [-0.15, -0.1) is 0 Å². The molecule has 0 saturated carbocycles. The van der Waals surface area contributed by atoms with E-state index in [1.54, 1.807) is 6.92 Å². The van der Waals surface area contributed by atoms with Crippen LogP contribution in [-0.4, -0.2) is 221 Å². The molecule has 0 aromatic rings. The number of carbonyl (C=O) groups excluding carboxylic acids is 1. The molecule has 19 nitrogen and oxygen atoms in total. The second-order valence-corrected chi connectivity index (χ2v) is 15.6. The summed E-state index contributed by atoms with van der Waals surface area (Å²) < 4.78 is 46.1. The molecule has 8 unspecified atom stereocenters. The van der Waals surface area contributed by atoms with Crippen molar-refractivity contribution in [3.63, 3.8) is 0 Å². The first-order valence-corrected chi connectivity index (χ1v) is 19.7. The summed E-state index contributed by atoms with van der Waals surface area (Å²) in [4.78, 5) is 12.2. The summed E-state index contributed by atoms with van der Waals surface area (Å²) in [5.41, 5.74) is 0. The molecule has 0 bridgehead atoms. The summed E-state index contributed by atoms with van der Waals surface area (Å²) in [6, 6.07) is 0. The van der Waals surface area contributed by atoms with E-state index in [1.807, 2.05) is 6.92 Å². The van der Waals surface area contributed by atoms with E-state index in [9.17, 15) is 55.9 Å². The van der Waals surface area contributed by atoms with Crippen LogP contribution in [-0.2, 0) is 42.7 Å². The van der Waals surface area contributed by atoms with Gasteiger partial charge in [0.1, 0.15) is 48.5 Å². The van der Waals surface area contributed by atoms with Crippen LogP contribution in [0.1, 0.15) is 40.0 Å². The van der Waals surface area contributed by atoms with Crippen molar-refractivity contribution in [2.45, 2.75) is 138 Å². The molecule has 0 aliphatic carbocycles. The van der Waals surface area contributed by atoms with Crippen LogP contribution >= 0.6 is 0 Å². The first-order chi connectivity index (χ1) is 26.7. The van der Waals surface area contributed by atoms with Crippen LogP contribution in [0.5, 0.6) is 0 Å². The number of methoxy groups -OCH3 is 1. The molecule has 0 aromatic heterocycles. The predicted molar refractivity (Wildman–Crippen MR) is 191 cm³/mol. The van der Waals surface area contributed by atoms with Crippen molar-refractivity contribution < 1.29 is 93.8 Å². The molecule has 56 heavy (non-hydrogen) atoms. The molecule has 0 aromatic carbocycles. The minimum Gasteiger partial charge on any atom is -0.394 e. The van der Waals surface area contributed by atoms with Gasteiger partial charge in [0.15, 0.2) is 0 Å². The van der Waals surface area contributed by atoms with Crippen molar-refractivity contribution in [3.8, 4) is 0 Å². The van der Waals surface area contributed by atoms with Gasteiger partial charge >= 0.3 is 0 Å². The largest absolute Gasteiger partial charge is 0.394 e. The van der Waals surface area contributed by atoms with Crippen molar-refractivity contribution in [3.05, 3.63) is 0 Å². The van der Waals surface area contributed by atoms with Gasteiger partial charge in [-0.1, -0.05) is 13.8 Å². The maximum atomic E-state index is 12.2. The highest BCUT2D eigenvalue weighted by atomic mass is 16.6. The second-order valence-electron chi connectivity index (χ2n) is 15.6. The van der Waals surface area contributed by atoms with E-state index >= 15 is 0 Å². The van der Waals surface area contributed by atoms with Crippen LogP contribution in [0.4, 0.5) is 0 Å². The average molecular weight is 815 g/mol. The van der Waals surface area contributed by atoms with Gasteiger partial charge in [0.25, 0.3) is 0 Å². The number of hydrogen-bond acceptors (Lipinski definition) is 19. The van der Waals surface area contributed by atoms with E-state index < -0.39 is 128 Å². The normalized spacial score (nSPS) is 44.8. The Morgan fingerprint density at radius 1 is 0.446 bits per heavy atom. The molecule has 4 aliphatic heterocycles. The molecule has 0 radical (unpaired) electrons. The molecular weight excluding hydrogens is 748 g/mol. The quantitative estimate of drug-likeness (QED) is 0.0559. The third kappa shape index (κ3) is 11.4. The lowest BCUT2D eigenvalue weighted by atomic mass is 9.85. The van der Waals surface area contributed by atoms with Crippen molar-refractivity contribution in [1.82, 2.24) is 0 Å². The van der Waals surface area contributed by atoms with E-state index in [1.165, 1.54) is 14.0 Å². The number of aliphatic hydroxyl groups is 10. The maximum Gasteiger partial charge on any atom is 0.132 e. The lowest BCUT2D eigenvalue weighted by Gasteiger charge is -2.45. The van der Waals surface area contributed by atoms with Gasteiger partial charge in [-0.2, -0.15) is 0 Å². The lowest BCUT2D eigenvalue weighted by Crippen LogP contribution is -2.59. The van der Waals surface area contributed by atoms with Crippen molar-refractivity contribution in [2.24, 2.45) is 23.7 Å². The zero-order valence-corrected chi connectivity index (χ0v) is 32.7. The molecule has 19 heteroatoms. The maximum absolute atomic E-state index is 12.2. The van der Waals surface area contributed by atoms with E-state index in [0.29, 0.717) is 12.8 Å². The molecule has 328 valence electrons. The van der Waals surface area contributed by atoms with Gasteiger partial charge in [0.05, 0.1) is 114 Å². The summed E-state index contributed by atoms with van der Waals surface area (Å²) >= 11 is 0. The molecular formula is C37H66O19. The minimum atomic E-state index is -1.48. The zero-order valence-electron chi connectivity index (χ0n) is 32.7. The fraction of sp³-hybridized carbons (Fsp3) is 0.973. The van der Waals surface area contributed by atoms with Crippen LogP contribution in [0.2, 0.25) is 0 Å². The van der Waals surface area contributed by atoms with Gasteiger partial charge in [-0.3, -0.25) is 4.79 Å². The van der Waals surface area contributed by atoms with Crippen LogP contribution in [0.15, 0.2) is 0 Å². The van der Waals surface area contributed by atoms with Crippen molar-refractivity contribution in [1.29, 1.82) is 0 Å². The van der Waals surface area contributed by atoms with Gasteiger partial charge < -0.3 is 89.0 Å². The van der Waals surface area contributed by atoms with E-state index in [4.69, 9.17) is 37.9 Å². The monoisotopic (exact) mass is 814 g/mol. The first kappa shape index (κ1) is 47.6. The predicted octanol–water partition coefficient (Wildman–Crippen LogP) is -4.11. The van der Waals surface area contributed by atoms with Gasteiger partial charge in [0.2, 0.25) is 0 Å². The Balaban J connectivity index is 1.28. The number of Topliss-reactive ketones (excluding diaryl/α,β-unsaturated/α-hetero) is 1. The zero-order chi connectivity index (χ0) is 41.3. The molecule has 4 saturated heterocycles. The molecule has 4 fully saturated rings. The second kappa shape index (κ2) is 22.5. The Morgan fingerprint density at radius 3 is 1.12 bits per heavy atom. The molecule has 4 rings (SSSR count). The number of rotatable bonds is 20. The van der Waals surface area contributed by atoms with Crippen LogP contribution in [0.25, 0.3) is 0 Å². The van der Waals surface area contributed by atoms with E-state index in [2.05, 4.69) is 0 Å². The Kier molecular flexibility index (Phi) is 19.2. The van der Waals surface area contributed by atoms with Gasteiger partial charge in [-0.25, -0.2) is 0 Å². The smallest absolute Gasteiger partial charge is 0.132 e. The standard InChI is InChI=1S/C37H66O19/c1-5-22-18(10-49-4)30(41)35(46)27(53-22)14-50-11-19-24(7-17(3)40)55-28(36(47)31(19)42)15-51-13-21-26(9-39)56-29(37(48)33(21)44)16-52-12-20-25(8-38)54-23(6-2)34(45)32(20)43/h18-39,41-48H,5-16H2,1-4H3/t18-,19-,20+,21-,22?,23+,24?,25?,26?,27+,28+,29+,30-,31-,32-,33-,34?,35?,36?,37?/m1/s1. The van der Waals surface area contributed by atoms with Crippen LogP contribution in [0, 0.1) is 23.7 Å². The first-order valence-electron chi connectivity index (χ1n) is 19.7. The fourth-order valence-corrected chi connectivity index (χ4v) is 8.36. The number of ketones is 1. The van der Waals surface area contributed by atoms with Crippen LogP contribution < -0.4 is 0 Å². The summed E-state index contributed by atoms with van der Waals surface area (Å²) in [6.45, 7) is 2.96. The van der Waals surface area contributed by atoms with Gasteiger partial charge in [0, 0.05) is 37.2 Å². The highest BCUT2D eigenvalue weighted by Crippen LogP contribution is 2.33. The third-order valence-electron chi connectivity index (χ3n) is 11.8. The molecule has 4 aliphatic rings. The highest BCUT2D eigenvalue weighted by Gasteiger charge is 2.49. The molecule has 0 amide bonds. The summed E-state index contributed by atoms with van der Waals surface area (Å²) in [5.74, 6) is -3.25. The Hall–Kier alpha value is -1.05. The fourth-order valence-electron chi connectivity index (χ4n) is 8.36. The van der Waals surface area contributed by atoms with Crippen LogP contribution in [0.3, 0.4) is 0 Å². The number of aliphatic hydroxyl groups excluding tert-OH is 10. The van der Waals surface area contributed by atoms with Crippen molar-refractivity contribution >= 4 is 5.78 Å². The molecule has 20 atom stereocenters. The summed E-state index contributed by atoms with van der Waals surface area (Å²) in [6.07, 6.45) is -16.6.